The predicted octanol–water partition coefficient (Wildman–Crippen LogP) is 3.81. The highest BCUT2D eigenvalue weighted by Crippen LogP contribution is 2.21. The molecule has 0 radical (unpaired) electrons. The van der Waals surface area contributed by atoms with Gasteiger partial charge in [0.2, 0.25) is 0 Å². The van der Waals surface area contributed by atoms with E-state index in [4.69, 9.17) is 16.0 Å². The third-order valence-corrected chi connectivity index (χ3v) is 4.06. The highest BCUT2D eigenvalue weighted by Gasteiger charge is 2.14. The second kappa shape index (κ2) is 6.94. The van der Waals surface area contributed by atoms with Crippen LogP contribution in [-0.4, -0.2) is 21.9 Å². The van der Waals surface area contributed by atoms with Crippen molar-refractivity contribution >= 4 is 23.7 Å². The minimum atomic E-state index is -0.338. The Kier molecular flexibility index (Phi) is 4.72. The van der Waals surface area contributed by atoms with Crippen LogP contribution in [0.15, 0.2) is 45.9 Å². The summed E-state index contributed by atoms with van der Waals surface area (Å²) >= 11 is 6.41. The lowest BCUT2D eigenvalue weighted by atomic mass is 10.2. The largest absolute Gasteiger partial charge is 0.466 e. The molecule has 0 aliphatic rings. The van der Waals surface area contributed by atoms with Gasteiger partial charge >= 0.3 is 0 Å². The zero-order chi connectivity index (χ0) is 18.0. The van der Waals surface area contributed by atoms with Gasteiger partial charge in [0.05, 0.1) is 28.7 Å². The number of para-hydroxylation sites is 1. The molecule has 25 heavy (non-hydrogen) atoms. The van der Waals surface area contributed by atoms with Gasteiger partial charge in [-0.1, -0.05) is 29.8 Å². The van der Waals surface area contributed by atoms with Crippen LogP contribution in [0.3, 0.4) is 0 Å². The number of hydrogen-bond acceptors (Lipinski definition) is 4. The molecule has 0 unspecified atom stereocenters. The van der Waals surface area contributed by atoms with E-state index in [1.165, 1.54) is 6.21 Å². The van der Waals surface area contributed by atoms with Gasteiger partial charge in [0.25, 0.3) is 5.91 Å². The Morgan fingerprint density at radius 2 is 2.00 bits per heavy atom. The number of aryl methyl sites for hydroxylation is 3. The number of aromatic nitrogens is 2. The van der Waals surface area contributed by atoms with Crippen molar-refractivity contribution in [2.45, 2.75) is 20.8 Å². The maximum Gasteiger partial charge on any atom is 0.274 e. The van der Waals surface area contributed by atoms with Gasteiger partial charge in [-0.2, -0.15) is 10.2 Å². The van der Waals surface area contributed by atoms with Crippen LogP contribution in [0.2, 0.25) is 5.15 Å². The first kappa shape index (κ1) is 17.0. The summed E-state index contributed by atoms with van der Waals surface area (Å²) in [4.78, 5) is 12.1. The quantitative estimate of drug-likeness (QED) is 0.570. The maximum atomic E-state index is 12.1. The molecule has 3 rings (SSSR count). The Morgan fingerprint density at radius 1 is 1.28 bits per heavy atom. The summed E-state index contributed by atoms with van der Waals surface area (Å²) in [5, 5.41) is 8.84. The molecule has 1 amide bonds. The summed E-state index contributed by atoms with van der Waals surface area (Å²) in [6.45, 7) is 5.35. The first-order chi connectivity index (χ1) is 12.0. The third kappa shape index (κ3) is 3.49. The van der Waals surface area contributed by atoms with Crippen molar-refractivity contribution in [2.75, 3.05) is 0 Å². The van der Waals surface area contributed by atoms with Crippen LogP contribution in [0.25, 0.3) is 5.69 Å². The van der Waals surface area contributed by atoms with Crippen molar-refractivity contribution in [3.63, 3.8) is 0 Å². The number of carbonyl (C=O) groups excluding carboxylic acids is 1. The smallest absolute Gasteiger partial charge is 0.274 e. The molecule has 1 aromatic carbocycles. The molecule has 128 valence electrons. The molecule has 0 saturated heterocycles. The van der Waals surface area contributed by atoms with Gasteiger partial charge in [-0.15, -0.1) is 0 Å². The number of benzene rings is 1. The SMILES string of the molecule is Cc1cc(C(=O)N/N=C\c2c(C)nn(-c3ccccc3)c2Cl)c(C)o1. The molecule has 0 bridgehead atoms. The number of hydrazone groups is 1. The zero-order valence-electron chi connectivity index (χ0n) is 14.1. The second-order valence-corrected chi connectivity index (χ2v) is 5.92. The Morgan fingerprint density at radius 3 is 2.64 bits per heavy atom. The predicted molar refractivity (Wildman–Crippen MR) is 96.6 cm³/mol. The molecule has 0 aliphatic carbocycles. The molecule has 0 aliphatic heterocycles. The molecule has 3 aromatic rings. The van der Waals surface area contributed by atoms with E-state index in [9.17, 15) is 4.79 Å². The molecular weight excluding hydrogens is 340 g/mol. The third-order valence-electron chi connectivity index (χ3n) is 3.69. The van der Waals surface area contributed by atoms with E-state index in [-0.39, 0.29) is 5.91 Å². The Labute approximate surface area is 150 Å². The Hall–Kier alpha value is -2.86. The molecular formula is C18H17ClN4O2. The van der Waals surface area contributed by atoms with E-state index in [0.717, 1.165) is 5.69 Å². The van der Waals surface area contributed by atoms with E-state index in [2.05, 4.69) is 15.6 Å². The summed E-state index contributed by atoms with van der Waals surface area (Å²) in [5.74, 6) is 0.890. The average molecular weight is 357 g/mol. The van der Waals surface area contributed by atoms with E-state index >= 15 is 0 Å². The van der Waals surface area contributed by atoms with Crippen LogP contribution < -0.4 is 5.43 Å². The van der Waals surface area contributed by atoms with Crippen molar-refractivity contribution in [2.24, 2.45) is 5.10 Å². The Bertz CT molecular complexity index is 942. The van der Waals surface area contributed by atoms with Gasteiger partial charge in [0, 0.05) is 0 Å². The maximum absolute atomic E-state index is 12.1. The van der Waals surface area contributed by atoms with Crippen molar-refractivity contribution in [3.05, 3.63) is 69.9 Å². The molecule has 2 heterocycles. The lowest BCUT2D eigenvalue weighted by molar-refractivity contribution is 0.0953. The number of halogens is 1. The Balaban J connectivity index is 1.79. The summed E-state index contributed by atoms with van der Waals surface area (Å²) < 4.78 is 6.97. The number of nitrogens with zero attached hydrogens (tertiary/aromatic N) is 3. The van der Waals surface area contributed by atoms with Gasteiger partial charge in [0.1, 0.15) is 16.7 Å². The highest BCUT2D eigenvalue weighted by atomic mass is 35.5. The fourth-order valence-electron chi connectivity index (χ4n) is 2.47. The second-order valence-electron chi connectivity index (χ2n) is 5.56. The van der Waals surface area contributed by atoms with Crippen LogP contribution in [0.5, 0.6) is 0 Å². The van der Waals surface area contributed by atoms with Gasteiger partial charge in [-0.3, -0.25) is 4.79 Å². The van der Waals surface area contributed by atoms with Crippen LogP contribution in [0, 0.1) is 20.8 Å². The van der Waals surface area contributed by atoms with E-state index in [0.29, 0.717) is 33.5 Å². The van der Waals surface area contributed by atoms with Crippen LogP contribution >= 0.6 is 11.6 Å². The zero-order valence-corrected chi connectivity index (χ0v) is 14.8. The molecule has 7 heteroatoms. The number of hydrogen-bond donors (Lipinski definition) is 1. The summed E-state index contributed by atoms with van der Waals surface area (Å²) in [6.07, 6.45) is 1.49. The first-order valence-electron chi connectivity index (χ1n) is 7.68. The van der Waals surface area contributed by atoms with Crippen molar-refractivity contribution in [3.8, 4) is 5.69 Å². The summed E-state index contributed by atoms with van der Waals surface area (Å²) in [6, 6.07) is 11.2. The molecule has 0 fully saturated rings. The molecule has 0 atom stereocenters. The minimum absolute atomic E-state index is 0.338. The summed E-state index contributed by atoms with van der Waals surface area (Å²) in [5.41, 5.74) is 5.14. The molecule has 0 saturated carbocycles. The van der Waals surface area contributed by atoms with Crippen molar-refractivity contribution < 1.29 is 9.21 Å². The van der Waals surface area contributed by atoms with Crippen LogP contribution in [0.4, 0.5) is 0 Å². The number of furan rings is 1. The van der Waals surface area contributed by atoms with Gasteiger partial charge in [-0.05, 0) is 39.0 Å². The van der Waals surface area contributed by atoms with Crippen LogP contribution in [0.1, 0.15) is 33.1 Å². The lowest BCUT2D eigenvalue weighted by Crippen LogP contribution is -2.17. The minimum Gasteiger partial charge on any atom is -0.466 e. The topological polar surface area (TPSA) is 72.4 Å². The van der Waals surface area contributed by atoms with E-state index < -0.39 is 0 Å². The number of nitrogens with one attached hydrogen (secondary N) is 1. The highest BCUT2D eigenvalue weighted by molar-refractivity contribution is 6.32. The molecule has 1 N–H and O–H groups in total. The van der Waals surface area contributed by atoms with Crippen LogP contribution in [-0.2, 0) is 0 Å². The number of carbonyl (C=O) groups is 1. The van der Waals surface area contributed by atoms with Gasteiger partial charge in [-0.25, -0.2) is 10.1 Å². The number of amides is 1. The fraction of sp³-hybridized carbons (Fsp3) is 0.167. The van der Waals surface area contributed by atoms with Gasteiger partial charge < -0.3 is 4.42 Å². The molecule has 6 nitrogen and oxygen atoms in total. The molecule has 0 spiro atoms. The summed E-state index contributed by atoms with van der Waals surface area (Å²) in [7, 11) is 0. The lowest BCUT2D eigenvalue weighted by Gasteiger charge is -2.01. The normalized spacial score (nSPS) is 11.2. The van der Waals surface area contributed by atoms with Crippen molar-refractivity contribution in [1.29, 1.82) is 0 Å². The van der Waals surface area contributed by atoms with Gasteiger partial charge in [0.15, 0.2) is 0 Å². The van der Waals surface area contributed by atoms with E-state index in [1.54, 1.807) is 24.6 Å². The van der Waals surface area contributed by atoms with Crippen molar-refractivity contribution in [1.82, 2.24) is 15.2 Å². The fourth-order valence-corrected chi connectivity index (χ4v) is 2.79. The van der Waals surface area contributed by atoms with E-state index in [1.807, 2.05) is 37.3 Å². The standard InChI is InChI=1S/C18H17ClN4O2/c1-11-9-15(13(3)25-11)18(24)21-20-10-16-12(2)22-23(17(16)19)14-7-5-4-6-8-14/h4-10H,1-3H3,(H,21,24)/b20-10-. The first-order valence-corrected chi connectivity index (χ1v) is 8.06. The average Bonchev–Trinajstić information content (AvgIpc) is 3.08. The molecule has 2 aromatic heterocycles. The number of rotatable bonds is 4. The monoisotopic (exact) mass is 356 g/mol.